The molecule has 1 N–H and O–H groups in total. The molecule has 0 aliphatic heterocycles. The van der Waals surface area contributed by atoms with E-state index in [0.29, 0.717) is 13.0 Å². The van der Waals surface area contributed by atoms with Crippen molar-refractivity contribution in [3.05, 3.63) is 12.2 Å². The number of unbranched alkanes of at least 4 members (excludes halogenated alkanes) is 7. The molecule has 0 aromatic rings. The zero-order valence-corrected chi connectivity index (χ0v) is 15.4. The first-order chi connectivity index (χ1) is 11.1. The van der Waals surface area contributed by atoms with Gasteiger partial charge < -0.3 is 14.7 Å². The van der Waals surface area contributed by atoms with E-state index < -0.39 is 6.10 Å². The molecule has 4 nitrogen and oxygen atoms in total. The van der Waals surface area contributed by atoms with Crippen molar-refractivity contribution in [2.75, 3.05) is 27.2 Å². The highest BCUT2D eigenvalue weighted by Crippen LogP contribution is 2.09. The SMILES string of the molecule is CCCC/C=C\CCCCCCCC(=O)OCC(O)CN(C)C. The number of ether oxygens (including phenoxy) is 1. The monoisotopic (exact) mass is 327 g/mol. The molecule has 136 valence electrons. The van der Waals surface area contributed by atoms with Crippen molar-refractivity contribution in [1.29, 1.82) is 0 Å². The number of hydrogen-bond acceptors (Lipinski definition) is 4. The second kappa shape index (κ2) is 16.0. The number of hydrogen-bond donors (Lipinski definition) is 1. The van der Waals surface area contributed by atoms with E-state index in [4.69, 9.17) is 4.74 Å². The van der Waals surface area contributed by atoms with Gasteiger partial charge in [0.25, 0.3) is 0 Å². The molecule has 0 fully saturated rings. The largest absolute Gasteiger partial charge is 0.463 e. The third-order valence-corrected chi connectivity index (χ3v) is 3.66. The molecule has 0 saturated heterocycles. The molecule has 1 atom stereocenters. The van der Waals surface area contributed by atoms with E-state index in [1.807, 2.05) is 19.0 Å². The molecule has 0 bridgehead atoms. The van der Waals surface area contributed by atoms with Gasteiger partial charge in [0, 0.05) is 13.0 Å². The number of esters is 1. The van der Waals surface area contributed by atoms with Crippen molar-refractivity contribution in [3.8, 4) is 0 Å². The van der Waals surface area contributed by atoms with E-state index in [-0.39, 0.29) is 12.6 Å². The fraction of sp³-hybridized carbons (Fsp3) is 0.842. The van der Waals surface area contributed by atoms with Crippen molar-refractivity contribution in [1.82, 2.24) is 4.90 Å². The van der Waals surface area contributed by atoms with Gasteiger partial charge in [-0.3, -0.25) is 4.79 Å². The summed E-state index contributed by atoms with van der Waals surface area (Å²) in [5.41, 5.74) is 0. The Labute approximate surface area is 142 Å². The Hall–Kier alpha value is -0.870. The first-order valence-corrected chi connectivity index (χ1v) is 9.19. The lowest BCUT2D eigenvalue weighted by Crippen LogP contribution is -2.30. The number of aliphatic hydroxyl groups excluding tert-OH is 1. The first-order valence-electron chi connectivity index (χ1n) is 9.19. The van der Waals surface area contributed by atoms with Crippen LogP contribution in [0.4, 0.5) is 0 Å². The van der Waals surface area contributed by atoms with Crippen LogP contribution in [0.2, 0.25) is 0 Å². The maximum absolute atomic E-state index is 11.5. The summed E-state index contributed by atoms with van der Waals surface area (Å²) in [7, 11) is 3.76. The van der Waals surface area contributed by atoms with Crippen molar-refractivity contribution in [2.45, 2.75) is 77.2 Å². The number of nitrogens with zero attached hydrogens (tertiary/aromatic N) is 1. The number of carbonyl (C=O) groups is 1. The molecule has 0 saturated carbocycles. The van der Waals surface area contributed by atoms with Crippen molar-refractivity contribution < 1.29 is 14.6 Å². The molecule has 0 aliphatic carbocycles. The van der Waals surface area contributed by atoms with Crippen LogP contribution >= 0.6 is 0 Å². The Balaban J connectivity index is 3.34. The normalized spacial score (nSPS) is 12.9. The summed E-state index contributed by atoms with van der Waals surface area (Å²) in [5, 5.41) is 9.60. The summed E-state index contributed by atoms with van der Waals surface area (Å²) < 4.78 is 5.07. The molecule has 0 aromatic carbocycles. The molecular weight excluding hydrogens is 290 g/mol. The third kappa shape index (κ3) is 17.3. The molecule has 0 aromatic heterocycles. The minimum absolute atomic E-state index is 0.0986. The average molecular weight is 328 g/mol. The van der Waals surface area contributed by atoms with Crippen LogP contribution < -0.4 is 0 Å². The van der Waals surface area contributed by atoms with Crippen LogP contribution in [0.15, 0.2) is 12.2 Å². The van der Waals surface area contributed by atoms with Crippen molar-refractivity contribution >= 4 is 5.97 Å². The second-order valence-corrected chi connectivity index (χ2v) is 6.52. The molecule has 4 heteroatoms. The van der Waals surface area contributed by atoms with Gasteiger partial charge in [-0.25, -0.2) is 0 Å². The molecule has 0 amide bonds. The number of likely N-dealkylation sites (N-methyl/N-ethyl adjacent to an activating group) is 1. The van der Waals surface area contributed by atoms with Gasteiger partial charge >= 0.3 is 5.97 Å². The lowest BCUT2D eigenvalue weighted by molar-refractivity contribution is -0.147. The standard InChI is InChI=1S/C19H37NO3/c1-4-5-6-7-8-9-10-11-12-13-14-15-19(22)23-17-18(21)16-20(2)3/h7-8,18,21H,4-6,9-17H2,1-3H3/b8-7-. The molecule has 0 radical (unpaired) electrons. The second-order valence-electron chi connectivity index (χ2n) is 6.52. The van der Waals surface area contributed by atoms with Crippen LogP contribution in [-0.2, 0) is 9.53 Å². The zero-order valence-electron chi connectivity index (χ0n) is 15.4. The molecule has 0 spiro atoms. The van der Waals surface area contributed by atoms with E-state index in [1.54, 1.807) is 0 Å². The average Bonchev–Trinajstić information content (AvgIpc) is 2.50. The van der Waals surface area contributed by atoms with Crippen LogP contribution in [0, 0.1) is 0 Å². The minimum Gasteiger partial charge on any atom is -0.463 e. The highest BCUT2D eigenvalue weighted by Gasteiger charge is 2.09. The van der Waals surface area contributed by atoms with Crippen molar-refractivity contribution in [2.24, 2.45) is 0 Å². The minimum atomic E-state index is -0.598. The Bertz CT molecular complexity index is 303. The van der Waals surface area contributed by atoms with Crippen LogP contribution in [0.25, 0.3) is 0 Å². The summed E-state index contributed by atoms with van der Waals surface area (Å²) in [5.74, 6) is -0.193. The van der Waals surface area contributed by atoms with E-state index in [0.717, 1.165) is 12.8 Å². The van der Waals surface area contributed by atoms with E-state index in [9.17, 15) is 9.90 Å². The summed E-state index contributed by atoms with van der Waals surface area (Å²) in [4.78, 5) is 13.4. The number of allylic oxidation sites excluding steroid dienone is 2. The Kier molecular flexibility index (Phi) is 15.4. The van der Waals surface area contributed by atoms with Gasteiger partial charge in [-0.15, -0.1) is 0 Å². The van der Waals surface area contributed by atoms with E-state index in [2.05, 4.69) is 19.1 Å². The molecule has 0 aliphatic rings. The Morgan fingerprint density at radius 2 is 1.65 bits per heavy atom. The van der Waals surface area contributed by atoms with Gasteiger partial charge in [-0.05, 0) is 39.8 Å². The molecule has 23 heavy (non-hydrogen) atoms. The van der Waals surface area contributed by atoms with E-state index >= 15 is 0 Å². The highest BCUT2D eigenvalue weighted by atomic mass is 16.5. The first kappa shape index (κ1) is 22.1. The Morgan fingerprint density at radius 3 is 2.30 bits per heavy atom. The lowest BCUT2D eigenvalue weighted by Gasteiger charge is -2.15. The summed E-state index contributed by atoms with van der Waals surface area (Å²) >= 11 is 0. The van der Waals surface area contributed by atoms with E-state index in [1.165, 1.54) is 44.9 Å². The predicted octanol–water partition coefficient (Wildman–Crippen LogP) is 3.93. The molecule has 0 heterocycles. The summed E-state index contributed by atoms with van der Waals surface area (Å²) in [6.45, 7) is 2.83. The van der Waals surface area contributed by atoms with Gasteiger partial charge in [0.2, 0.25) is 0 Å². The zero-order chi connectivity index (χ0) is 17.3. The maximum atomic E-state index is 11.5. The van der Waals surface area contributed by atoms with Crippen LogP contribution in [-0.4, -0.2) is 49.3 Å². The fourth-order valence-electron chi connectivity index (χ4n) is 2.36. The lowest BCUT2D eigenvalue weighted by atomic mass is 10.1. The fourth-order valence-corrected chi connectivity index (χ4v) is 2.36. The Morgan fingerprint density at radius 1 is 1.04 bits per heavy atom. The van der Waals surface area contributed by atoms with Crippen LogP contribution in [0.5, 0.6) is 0 Å². The van der Waals surface area contributed by atoms with Gasteiger partial charge in [-0.2, -0.15) is 0 Å². The quantitative estimate of drug-likeness (QED) is 0.281. The topological polar surface area (TPSA) is 49.8 Å². The molecule has 0 rings (SSSR count). The van der Waals surface area contributed by atoms with Gasteiger partial charge in [-0.1, -0.05) is 51.2 Å². The van der Waals surface area contributed by atoms with Crippen LogP contribution in [0.1, 0.15) is 71.1 Å². The van der Waals surface area contributed by atoms with Crippen LogP contribution in [0.3, 0.4) is 0 Å². The van der Waals surface area contributed by atoms with Gasteiger partial charge in [0.05, 0.1) is 0 Å². The van der Waals surface area contributed by atoms with Gasteiger partial charge in [0.15, 0.2) is 0 Å². The highest BCUT2D eigenvalue weighted by molar-refractivity contribution is 5.69. The summed E-state index contributed by atoms with van der Waals surface area (Å²) in [6, 6.07) is 0. The number of aliphatic hydroxyl groups is 1. The molecule has 1 unspecified atom stereocenters. The van der Waals surface area contributed by atoms with Crippen molar-refractivity contribution in [3.63, 3.8) is 0 Å². The smallest absolute Gasteiger partial charge is 0.305 e. The number of carbonyl (C=O) groups excluding carboxylic acids is 1. The molecular formula is C19H37NO3. The third-order valence-electron chi connectivity index (χ3n) is 3.66. The maximum Gasteiger partial charge on any atom is 0.305 e. The van der Waals surface area contributed by atoms with Gasteiger partial charge in [0.1, 0.15) is 12.7 Å². The number of rotatable bonds is 15. The summed E-state index contributed by atoms with van der Waals surface area (Å²) in [6.07, 6.45) is 15.0. The predicted molar refractivity (Wildman–Crippen MR) is 96.5 cm³/mol.